The lowest BCUT2D eigenvalue weighted by Gasteiger charge is -2.21. The monoisotopic (exact) mass is 347 g/mol. The molecule has 0 spiro atoms. The van der Waals surface area contributed by atoms with Crippen LogP contribution in [0.4, 0.5) is 0 Å². The van der Waals surface area contributed by atoms with E-state index in [0.29, 0.717) is 10.0 Å². The first-order valence-electron chi connectivity index (χ1n) is 7.02. The predicted molar refractivity (Wildman–Crippen MR) is 93.6 cm³/mol. The molecule has 118 valence electrons. The van der Waals surface area contributed by atoms with Crippen LogP contribution in [0.1, 0.15) is 12.5 Å². The average Bonchev–Trinajstić information content (AvgIpc) is 2.74. The van der Waals surface area contributed by atoms with E-state index in [1.807, 2.05) is 24.3 Å². The predicted octanol–water partition coefficient (Wildman–Crippen LogP) is 3.66. The van der Waals surface area contributed by atoms with Crippen LogP contribution < -0.4 is 5.73 Å². The van der Waals surface area contributed by atoms with Gasteiger partial charge in [0.2, 0.25) is 0 Å². The molecule has 0 aromatic heterocycles. The van der Waals surface area contributed by atoms with Crippen LogP contribution in [0.25, 0.3) is 11.1 Å². The average molecular weight is 348 g/mol. The molecular weight excluding hydrogens is 333 g/mol. The molecule has 0 saturated heterocycles. The highest BCUT2D eigenvalue weighted by atomic mass is 35.5. The summed E-state index contributed by atoms with van der Waals surface area (Å²) in [5, 5.41) is 1.19. The molecule has 2 aromatic rings. The third-order valence-electron chi connectivity index (χ3n) is 4.07. The fraction of sp³-hybridized carbons (Fsp3) is 0.176. The molecule has 1 atom stereocenters. The number of hydrogen-bond acceptors (Lipinski definition) is 3. The molecule has 0 aliphatic carbocycles. The van der Waals surface area contributed by atoms with Crippen molar-refractivity contribution >= 4 is 35.1 Å². The van der Waals surface area contributed by atoms with Crippen molar-refractivity contribution in [2.45, 2.75) is 12.5 Å². The minimum atomic E-state index is -1.03. The highest BCUT2D eigenvalue weighted by Gasteiger charge is 2.43. The van der Waals surface area contributed by atoms with Crippen molar-refractivity contribution in [2.75, 3.05) is 7.05 Å². The van der Waals surface area contributed by atoms with E-state index in [0.717, 1.165) is 16.7 Å². The molecule has 0 bridgehead atoms. The van der Waals surface area contributed by atoms with Gasteiger partial charge in [-0.15, -0.1) is 0 Å². The standard InChI is InChI=1S/C17H15Cl2N3O/c1-17(15(23)22(2)16(20)21-17)11-5-3-4-10(8-11)13-9-12(18)6-7-14(13)19/h3-9H,1-2H3,(H2,20,21). The number of aliphatic imine (C=N–C) groups is 1. The van der Waals surface area contributed by atoms with Crippen LogP contribution in [0.5, 0.6) is 0 Å². The van der Waals surface area contributed by atoms with Gasteiger partial charge < -0.3 is 5.73 Å². The number of benzene rings is 2. The lowest BCUT2D eigenvalue weighted by molar-refractivity contribution is -0.130. The smallest absolute Gasteiger partial charge is 0.261 e. The zero-order chi connectivity index (χ0) is 16.8. The van der Waals surface area contributed by atoms with E-state index in [9.17, 15) is 4.79 Å². The van der Waals surface area contributed by atoms with E-state index in [-0.39, 0.29) is 11.9 Å². The molecule has 3 rings (SSSR count). The van der Waals surface area contributed by atoms with Gasteiger partial charge in [0.05, 0.1) is 0 Å². The van der Waals surface area contributed by atoms with Crippen LogP contribution >= 0.6 is 23.2 Å². The number of guanidine groups is 1. The molecule has 1 aliphatic rings. The lowest BCUT2D eigenvalue weighted by Crippen LogP contribution is -2.38. The van der Waals surface area contributed by atoms with E-state index in [1.165, 1.54) is 4.90 Å². The maximum atomic E-state index is 12.5. The van der Waals surface area contributed by atoms with Crippen LogP contribution in [0.15, 0.2) is 47.5 Å². The Hall–Kier alpha value is -2.04. The number of nitrogens with zero attached hydrogens (tertiary/aromatic N) is 2. The summed E-state index contributed by atoms with van der Waals surface area (Å²) in [7, 11) is 1.62. The number of amides is 1. The second-order valence-electron chi connectivity index (χ2n) is 5.61. The molecule has 0 radical (unpaired) electrons. The fourth-order valence-corrected chi connectivity index (χ4v) is 3.08. The van der Waals surface area contributed by atoms with Gasteiger partial charge in [-0.2, -0.15) is 0 Å². The van der Waals surface area contributed by atoms with E-state index in [4.69, 9.17) is 28.9 Å². The summed E-state index contributed by atoms with van der Waals surface area (Å²) >= 11 is 12.3. The van der Waals surface area contributed by atoms with Gasteiger partial charge in [-0.05, 0) is 42.3 Å². The van der Waals surface area contributed by atoms with Gasteiger partial charge >= 0.3 is 0 Å². The first-order valence-corrected chi connectivity index (χ1v) is 7.78. The Kier molecular flexibility index (Phi) is 3.82. The highest BCUT2D eigenvalue weighted by Crippen LogP contribution is 2.36. The Balaban J connectivity index is 2.11. The van der Waals surface area contributed by atoms with Crippen LogP contribution in [-0.4, -0.2) is 23.8 Å². The van der Waals surface area contributed by atoms with Crippen molar-refractivity contribution in [3.05, 3.63) is 58.1 Å². The number of hydrogen-bond donors (Lipinski definition) is 1. The van der Waals surface area contributed by atoms with Crippen molar-refractivity contribution in [3.8, 4) is 11.1 Å². The van der Waals surface area contributed by atoms with Crippen LogP contribution in [-0.2, 0) is 10.3 Å². The molecular formula is C17H15Cl2N3O. The number of carbonyl (C=O) groups excluding carboxylic acids is 1. The van der Waals surface area contributed by atoms with E-state index < -0.39 is 5.54 Å². The Bertz CT molecular complexity index is 834. The normalized spacial score (nSPS) is 20.8. The Morgan fingerprint density at radius 3 is 2.57 bits per heavy atom. The van der Waals surface area contributed by atoms with Gasteiger partial charge in [0.1, 0.15) is 0 Å². The van der Waals surface area contributed by atoms with Crippen molar-refractivity contribution in [1.29, 1.82) is 0 Å². The fourth-order valence-electron chi connectivity index (χ4n) is 2.68. The quantitative estimate of drug-likeness (QED) is 0.900. The van der Waals surface area contributed by atoms with E-state index in [2.05, 4.69) is 4.99 Å². The Labute approximate surface area is 144 Å². The number of likely N-dealkylation sites (N-methyl/N-ethyl adjacent to an activating group) is 1. The SMILES string of the molecule is CN1C(=O)C(C)(c2cccc(-c3cc(Cl)ccc3Cl)c2)N=C1N. The minimum absolute atomic E-state index is 0.163. The minimum Gasteiger partial charge on any atom is -0.369 e. The summed E-state index contributed by atoms with van der Waals surface area (Å²) in [6.45, 7) is 1.75. The third-order valence-corrected chi connectivity index (χ3v) is 4.63. The zero-order valence-electron chi connectivity index (χ0n) is 12.7. The summed E-state index contributed by atoms with van der Waals surface area (Å²) < 4.78 is 0. The summed E-state index contributed by atoms with van der Waals surface area (Å²) in [4.78, 5) is 18.2. The van der Waals surface area contributed by atoms with E-state index in [1.54, 1.807) is 32.2 Å². The first-order chi connectivity index (χ1) is 10.8. The second kappa shape index (κ2) is 5.55. The molecule has 2 aromatic carbocycles. The van der Waals surface area contributed by atoms with Crippen LogP contribution in [0.3, 0.4) is 0 Å². The van der Waals surface area contributed by atoms with Crippen molar-refractivity contribution < 1.29 is 4.79 Å². The molecule has 2 N–H and O–H groups in total. The molecule has 1 unspecified atom stereocenters. The first kappa shape index (κ1) is 15.8. The zero-order valence-corrected chi connectivity index (χ0v) is 14.2. The van der Waals surface area contributed by atoms with Crippen molar-refractivity contribution in [3.63, 3.8) is 0 Å². The molecule has 1 aliphatic heterocycles. The Morgan fingerprint density at radius 2 is 1.91 bits per heavy atom. The van der Waals surface area contributed by atoms with Gasteiger partial charge in [0.15, 0.2) is 11.5 Å². The van der Waals surface area contributed by atoms with Crippen LogP contribution in [0.2, 0.25) is 10.0 Å². The van der Waals surface area contributed by atoms with Gasteiger partial charge in [-0.25, -0.2) is 4.99 Å². The number of halogens is 2. The maximum absolute atomic E-state index is 12.5. The van der Waals surface area contributed by atoms with Gasteiger partial charge in [-0.3, -0.25) is 9.69 Å². The molecule has 1 heterocycles. The largest absolute Gasteiger partial charge is 0.369 e. The highest BCUT2D eigenvalue weighted by molar-refractivity contribution is 6.35. The van der Waals surface area contributed by atoms with Crippen LogP contribution in [0, 0.1) is 0 Å². The topological polar surface area (TPSA) is 58.7 Å². The molecule has 4 nitrogen and oxygen atoms in total. The second-order valence-corrected chi connectivity index (χ2v) is 6.45. The number of carbonyl (C=O) groups is 1. The van der Waals surface area contributed by atoms with E-state index >= 15 is 0 Å². The third kappa shape index (κ3) is 2.58. The maximum Gasteiger partial charge on any atom is 0.261 e. The molecule has 0 saturated carbocycles. The van der Waals surface area contributed by atoms with Crippen molar-refractivity contribution in [1.82, 2.24) is 4.90 Å². The van der Waals surface area contributed by atoms with Gasteiger partial charge in [-0.1, -0.05) is 41.4 Å². The summed E-state index contributed by atoms with van der Waals surface area (Å²) in [6, 6.07) is 12.8. The van der Waals surface area contributed by atoms with Gasteiger partial charge in [0, 0.05) is 22.7 Å². The number of nitrogens with two attached hydrogens (primary N) is 1. The Morgan fingerprint density at radius 1 is 1.17 bits per heavy atom. The lowest BCUT2D eigenvalue weighted by atomic mass is 9.89. The molecule has 0 fully saturated rings. The molecule has 23 heavy (non-hydrogen) atoms. The summed E-state index contributed by atoms with van der Waals surface area (Å²) in [5.41, 5.74) is 7.19. The molecule has 1 amide bonds. The number of rotatable bonds is 2. The van der Waals surface area contributed by atoms with Gasteiger partial charge in [0.25, 0.3) is 5.91 Å². The molecule has 6 heteroatoms. The van der Waals surface area contributed by atoms with Crippen molar-refractivity contribution in [2.24, 2.45) is 10.7 Å². The summed E-state index contributed by atoms with van der Waals surface area (Å²) in [6.07, 6.45) is 0. The summed E-state index contributed by atoms with van der Waals surface area (Å²) in [5.74, 6) is 0.0491.